The molecule has 1 fully saturated rings. The molecule has 0 aliphatic carbocycles. The fraction of sp³-hybridized carbons (Fsp3) is 0.688. The van der Waals surface area contributed by atoms with Gasteiger partial charge in [0.05, 0.1) is 13.2 Å². The lowest BCUT2D eigenvalue weighted by Crippen LogP contribution is -2.49. The van der Waals surface area contributed by atoms with E-state index in [1.54, 1.807) is 6.07 Å². The van der Waals surface area contributed by atoms with Crippen molar-refractivity contribution < 1.29 is 13.9 Å². The molecule has 0 aromatic carbocycles. The zero-order valence-corrected chi connectivity index (χ0v) is 13.5. The van der Waals surface area contributed by atoms with E-state index in [0.717, 1.165) is 31.9 Å². The number of carbonyl (C=O) groups is 1. The molecule has 5 nitrogen and oxygen atoms in total. The van der Waals surface area contributed by atoms with Gasteiger partial charge in [-0.05, 0) is 32.4 Å². The van der Waals surface area contributed by atoms with Crippen LogP contribution >= 0.6 is 0 Å². The first-order valence-corrected chi connectivity index (χ1v) is 7.73. The number of hydrogen-bond acceptors (Lipinski definition) is 5. The summed E-state index contributed by atoms with van der Waals surface area (Å²) < 4.78 is 10.3. The molecule has 2 atom stereocenters. The van der Waals surface area contributed by atoms with Gasteiger partial charge in [0.2, 0.25) is 5.76 Å². The molecule has 2 heterocycles. The van der Waals surface area contributed by atoms with E-state index in [1.165, 1.54) is 13.5 Å². The first-order chi connectivity index (χ1) is 10.1. The Balaban J connectivity index is 1.94. The van der Waals surface area contributed by atoms with Crippen LogP contribution in [0.3, 0.4) is 0 Å². The number of nitrogens with zero attached hydrogens (tertiary/aromatic N) is 2. The first kappa shape index (κ1) is 16.0. The number of piperazine rings is 1. The van der Waals surface area contributed by atoms with E-state index < -0.39 is 5.97 Å². The van der Waals surface area contributed by atoms with Crippen LogP contribution in [-0.2, 0) is 4.74 Å². The smallest absolute Gasteiger partial charge is 0.373 e. The van der Waals surface area contributed by atoms with E-state index in [-0.39, 0.29) is 11.8 Å². The van der Waals surface area contributed by atoms with Crippen molar-refractivity contribution in [2.45, 2.75) is 39.3 Å². The molecule has 0 N–H and O–H groups in total. The second-order valence-corrected chi connectivity index (χ2v) is 5.70. The van der Waals surface area contributed by atoms with Gasteiger partial charge in [-0.1, -0.05) is 6.92 Å². The van der Waals surface area contributed by atoms with Crippen molar-refractivity contribution in [2.75, 3.05) is 33.3 Å². The lowest BCUT2D eigenvalue weighted by molar-refractivity contribution is 0.0543. The highest BCUT2D eigenvalue weighted by molar-refractivity contribution is 5.86. The summed E-state index contributed by atoms with van der Waals surface area (Å²) >= 11 is 0. The molecular weight excluding hydrogens is 268 g/mol. The Morgan fingerprint density at radius 2 is 1.86 bits per heavy atom. The second-order valence-electron chi connectivity index (χ2n) is 5.70. The van der Waals surface area contributed by atoms with Crippen molar-refractivity contribution in [3.63, 3.8) is 0 Å². The molecule has 0 amide bonds. The third-order valence-electron chi connectivity index (χ3n) is 4.54. The molecule has 0 saturated carbocycles. The van der Waals surface area contributed by atoms with Gasteiger partial charge in [-0.25, -0.2) is 4.79 Å². The van der Waals surface area contributed by atoms with Gasteiger partial charge in [0, 0.05) is 32.2 Å². The van der Waals surface area contributed by atoms with Crippen molar-refractivity contribution in [1.82, 2.24) is 9.80 Å². The van der Waals surface area contributed by atoms with Crippen LogP contribution in [0.4, 0.5) is 0 Å². The number of carbonyl (C=O) groups excluding carboxylic acids is 1. The number of ether oxygens (including phenoxy) is 1. The number of hydrogen-bond donors (Lipinski definition) is 0. The Bertz CT molecular complexity index is 464. The van der Waals surface area contributed by atoms with Crippen LogP contribution in [0.5, 0.6) is 0 Å². The van der Waals surface area contributed by atoms with Crippen molar-refractivity contribution in [1.29, 1.82) is 0 Å². The normalized spacial score (nSPS) is 20.2. The molecule has 21 heavy (non-hydrogen) atoms. The maximum absolute atomic E-state index is 11.4. The van der Waals surface area contributed by atoms with E-state index in [4.69, 9.17) is 4.42 Å². The zero-order valence-electron chi connectivity index (χ0n) is 13.5. The Morgan fingerprint density at radius 1 is 1.24 bits per heavy atom. The van der Waals surface area contributed by atoms with Gasteiger partial charge in [0.25, 0.3) is 0 Å². The van der Waals surface area contributed by atoms with Gasteiger partial charge in [-0.15, -0.1) is 0 Å². The predicted molar refractivity (Wildman–Crippen MR) is 81.4 cm³/mol. The third-order valence-corrected chi connectivity index (χ3v) is 4.54. The number of methoxy groups -OCH3 is 1. The summed E-state index contributed by atoms with van der Waals surface area (Å²) in [4.78, 5) is 16.4. The maximum atomic E-state index is 11.4. The van der Waals surface area contributed by atoms with Crippen molar-refractivity contribution >= 4 is 5.97 Å². The average Bonchev–Trinajstić information content (AvgIpc) is 3.02. The number of esters is 1. The molecule has 2 rings (SSSR count). The van der Waals surface area contributed by atoms with Crippen LogP contribution in [0.25, 0.3) is 0 Å². The zero-order chi connectivity index (χ0) is 15.4. The quantitative estimate of drug-likeness (QED) is 0.781. The van der Waals surface area contributed by atoms with Crippen molar-refractivity contribution in [3.05, 3.63) is 23.7 Å². The predicted octanol–water partition coefficient (Wildman–Crippen LogP) is 2.54. The van der Waals surface area contributed by atoms with E-state index in [9.17, 15) is 4.79 Å². The van der Waals surface area contributed by atoms with E-state index >= 15 is 0 Å². The minimum absolute atomic E-state index is 0.183. The minimum atomic E-state index is -0.421. The second kappa shape index (κ2) is 7.09. The summed E-state index contributed by atoms with van der Waals surface area (Å²) in [5, 5.41) is 0. The van der Waals surface area contributed by atoms with Gasteiger partial charge < -0.3 is 9.15 Å². The van der Waals surface area contributed by atoms with Gasteiger partial charge in [-0.3, -0.25) is 9.80 Å². The van der Waals surface area contributed by atoms with Gasteiger partial charge in [0.15, 0.2) is 0 Å². The van der Waals surface area contributed by atoms with Gasteiger partial charge in [-0.2, -0.15) is 0 Å². The van der Waals surface area contributed by atoms with E-state index in [0.29, 0.717) is 6.04 Å². The Morgan fingerprint density at radius 3 is 2.43 bits per heavy atom. The molecule has 1 aromatic heterocycles. The van der Waals surface area contributed by atoms with Crippen LogP contribution in [0, 0.1) is 0 Å². The number of rotatable bonds is 5. The summed E-state index contributed by atoms with van der Waals surface area (Å²) in [6.45, 7) is 10.9. The molecule has 118 valence electrons. The SMILES string of the molecule is CCC(C)N1CCN(C(C)c2ccc(C(=O)OC)o2)CC1. The maximum Gasteiger partial charge on any atom is 0.373 e. The van der Waals surface area contributed by atoms with Gasteiger partial charge in [0.1, 0.15) is 5.76 Å². The molecule has 0 radical (unpaired) electrons. The molecule has 0 bridgehead atoms. The summed E-state index contributed by atoms with van der Waals surface area (Å²) in [5.41, 5.74) is 0. The minimum Gasteiger partial charge on any atom is -0.463 e. The first-order valence-electron chi connectivity index (χ1n) is 7.73. The monoisotopic (exact) mass is 294 g/mol. The van der Waals surface area contributed by atoms with E-state index in [1.807, 2.05) is 6.07 Å². The fourth-order valence-electron chi connectivity index (χ4n) is 2.79. The number of furan rings is 1. The molecule has 1 aromatic rings. The van der Waals surface area contributed by atoms with Crippen LogP contribution in [0.15, 0.2) is 16.5 Å². The molecule has 2 unspecified atom stereocenters. The average molecular weight is 294 g/mol. The Kier molecular flexibility index (Phi) is 5.42. The molecular formula is C16H26N2O3. The summed E-state index contributed by atoms with van der Waals surface area (Å²) in [6, 6.07) is 4.39. The Hall–Kier alpha value is -1.33. The van der Waals surface area contributed by atoms with Crippen LogP contribution in [0.2, 0.25) is 0 Å². The molecule has 1 saturated heterocycles. The highest BCUT2D eigenvalue weighted by Gasteiger charge is 2.26. The largest absolute Gasteiger partial charge is 0.463 e. The molecule has 0 spiro atoms. The Labute approximate surface area is 126 Å². The summed E-state index contributed by atoms with van der Waals surface area (Å²) in [5.74, 6) is 0.681. The molecule has 1 aliphatic rings. The lowest BCUT2D eigenvalue weighted by atomic mass is 10.1. The third kappa shape index (κ3) is 3.66. The van der Waals surface area contributed by atoms with Crippen LogP contribution < -0.4 is 0 Å². The van der Waals surface area contributed by atoms with Crippen molar-refractivity contribution in [2.24, 2.45) is 0 Å². The van der Waals surface area contributed by atoms with Crippen molar-refractivity contribution in [3.8, 4) is 0 Å². The molecule has 1 aliphatic heterocycles. The highest BCUT2D eigenvalue weighted by Crippen LogP contribution is 2.24. The highest BCUT2D eigenvalue weighted by atomic mass is 16.5. The van der Waals surface area contributed by atoms with Gasteiger partial charge >= 0.3 is 5.97 Å². The van der Waals surface area contributed by atoms with Crippen LogP contribution in [-0.4, -0.2) is 55.1 Å². The lowest BCUT2D eigenvalue weighted by Gasteiger charge is -2.39. The summed E-state index contributed by atoms with van der Waals surface area (Å²) in [7, 11) is 1.36. The van der Waals surface area contributed by atoms with E-state index in [2.05, 4.69) is 35.3 Å². The topological polar surface area (TPSA) is 45.9 Å². The standard InChI is InChI=1S/C16H26N2O3/c1-5-12(2)17-8-10-18(11-9-17)13(3)14-6-7-15(21-14)16(19)20-4/h6-7,12-13H,5,8-11H2,1-4H3. The fourth-order valence-corrected chi connectivity index (χ4v) is 2.79. The van der Waals surface area contributed by atoms with Crippen LogP contribution in [0.1, 0.15) is 49.5 Å². The molecule has 5 heteroatoms. The summed E-state index contributed by atoms with van der Waals surface area (Å²) in [6.07, 6.45) is 1.19.